The molecule has 0 saturated carbocycles. The van der Waals surface area contributed by atoms with Crippen molar-refractivity contribution in [3.8, 4) is 16.9 Å². The Morgan fingerprint density at radius 1 is 0.932 bits per heavy atom. The van der Waals surface area contributed by atoms with E-state index in [1.54, 1.807) is 30.0 Å². The Kier molecular flexibility index (Phi) is 27.2. The van der Waals surface area contributed by atoms with E-state index in [2.05, 4.69) is 41.4 Å². The van der Waals surface area contributed by atoms with Gasteiger partial charge in [-0.05, 0) is 47.9 Å². The van der Waals surface area contributed by atoms with Crippen LogP contribution in [0.4, 0.5) is 14.5 Å². The van der Waals surface area contributed by atoms with E-state index in [1.165, 1.54) is 24.6 Å². The first-order valence-electron chi connectivity index (χ1n) is 12.4. The fraction of sp³-hybridized carbons (Fsp3) is 0.357. The molecule has 0 aliphatic heterocycles. The minimum Gasteiger partial charge on any atom is -0.808 e. The minimum absolute atomic E-state index is 0. The van der Waals surface area contributed by atoms with E-state index in [0.717, 1.165) is 28.9 Å². The number of sulfonamides is 1. The van der Waals surface area contributed by atoms with Crippen LogP contribution in [-0.4, -0.2) is 27.0 Å². The molecule has 1 N–H and O–H groups in total. The molecule has 0 aromatic heterocycles. The zero-order valence-electron chi connectivity index (χ0n) is 26.4. The van der Waals surface area contributed by atoms with Gasteiger partial charge >= 0.3 is 88.7 Å². The van der Waals surface area contributed by atoms with Crippen molar-refractivity contribution in [2.75, 3.05) is 13.4 Å². The van der Waals surface area contributed by atoms with Crippen LogP contribution in [0.5, 0.6) is 5.75 Å². The number of alkyl halides is 2. The van der Waals surface area contributed by atoms with Crippen LogP contribution in [0.3, 0.4) is 0 Å². The number of hydrogen-bond acceptors (Lipinski definition) is 7. The number of hydrogen-bond donors (Lipinski definition) is 1. The van der Waals surface area contributed by atoms with Gasteiger partial charge in [-0.2, -0.15) is 11.8 Å². The molecule has 3 aromatic carbocycles. The van der Waals surface area contributed by atoms with Crippen LogP contribution in [-0.2, 0) is 26.1 Å². The summed E-state index contributed by atoms with van der Waals surface area (Å²) in [5.41, 5.74) is 3.17. The van der Waals surface area contributed by atoms with E-state index < -0.39 is 23.5 Å². The number of aromatic hydroxyl groups is 1. The van der Waals surface area contributed by atoms with Crippen LogP contribution in [0.2, 0.25) is 0 Å². The molecule has 0 aliphatic carbocycles. The molecule has 1 atom stereocenters. The van der Waals surface area contributed by atoms with E-state index >= 15 is 0 Å². The Balaban J connectivity index is -0.00000153. The summed E-state index contributed by atoms with van der Waals surface area (Å²) in [4.78, 5) is 21.9. The number of nitrogens with zero attached hydrogens (tertiary/aromatic N) is 1. The summed E-state index contributed by atoms with van der Waals surface area (Å²) in [5.74, 6) is -0.676. The maximum Gasteiger partial charge on any atom is 1.00 e. The van der Waals surface area contributed by atoms with Gasteiger partial charge in [-0.3, -0.25) is 4.39 Å². The Morgan fingerprint density at radius 2 is 1.41 bits per heavy atom. The summed E-state index contributed by atoms with van der Waals surface area (Å²) < 4.78 is 60.8. The Hall–Kier alpha value is 1.05. The van der Waals surface area contributed by atoms with Crippen LogP contribution in [0.25, 0.3) is 15.8 Å². The predicted octanol–water partition coefficient (Wildman–Crippen LogP) is -1.25. The largest absolute Gasteiger partial charge is 1.00 e. The number of phenolic OH excluding ortho intramolecular Hbond substituents is 1. The van der Waals surface area contributed by atoms with Gasteiger partial charge in [-0.1, -0.05) is 97.3 Å². The SMILES string of the molecule is CCC(C)C.CF.CS(=O)(=O)[N-]c1cc(-c2ccc(CSCc3ccc(C(F)P(=O)([O-])[O-])c(Br)c3)cc2)ccc1O.[Na+].[Na+].[Na+]. The third-order valence-electron chi connectivity index (χ3n) is 5.48. The van der Waals surface area contributed by atoms with Crippen LogP contribution >= 0.6 is 35.3 Å². The molecular formula is C28H34BrF2NNa3O6PS2. The summed E-state index contributed by atoms with van der Waals surface area (Å²) in [7, 11) is -8.52. The van der Waals surface area contributed by atoms with Gasteiger partial charge in [0.05, 0.1) is 17.2 Å². The summed E-state index contributed by atoms with van der Waals surface area (Å²) in [6.07, 6.45) is 2.26. The Labute approximate surface area is 339 Å². The molecule has 0 spiro atoms. The molecule has 228 valence electrons. The van der Waals surface area contributed by atoms with Crippen molar-refractivity contribution in [3.05, 3.63) is 86.5 Å². The van der Waals surface area contributed by atoms with Crippen molar-refractivity contribution in [3.63, 3.8) is 0 Å². The average Bonchev–Trinajstić information content (AvgIpc) is 2.90. The molecule has 3 aromatic rings. The molecular weight excluding hydrogens is 728 g/mol. The Bertz CT molecular complexity index is 1420. The molecule has 7 nitrogen and oxygen atoms in total. The van der Waals surface area contributed by atoms with Gasteiger partial charge in [0.15, 0.2) is 5.91 Å². The van der Waals surface area contributed by atoms with Gasteiger partial charge in [0.25, 0.3) is 0 Å². The monoisotopic (exact) mass is 761 g/mol. The quantitative estimate of drug-likeness (QED) is 0.202. The van der Waals surface area contributed by atoms with Gasteiger partial charge in [-0.15, -0.1) is 0 Å². The zero-order valence-corrected chi connectivity index (χ0v) is 36.5. The first-order valence-corrected chi connectivity index (χ1v) is 17.8. The van der Waals surface area contributed by atoms with Crippen molar-refractivity contribution in [1.29, 1.82) is 0 Å². The molecule has 1 unspecified atom stereocenters. The molecule has 0 aliphatic rings. The second kappa shape index (κ2) is 24.2. The normalized spacial score (nSPS) is 11.2. The van der Waals surface area contributed by atoms with Gasteiger partial charge in [-0.25, -0.2) is 12.8 Å². The van der Waals surface area contributed by atoms with E-state index in [0.29, 0.717) is 24.2 Å². The van der Waals surface area contributed by atoms with Crippen LogP contribution in [0, 0.1) is 5.92 Å². The standard InChI is InChI=1S/C22H21BrFNO6PS2.C5H12.CH3F.3Na/c1-34(30,31)25-20-11-17(7-9-21(20)26)16-5-2-14(3-6-16)12-33-13-15-4-8-18(19(23)10-15)22(24)32(27,28)29;1-4-5(2)3;1-2;;;/h2-11,22,26H,12-13H2,1H3,(H2,27,28,29);5H,4H2,1-3H3;1H3;;;/q-1;;;3*+1/p-2. The fourth-order valence-corrected chi connectivity index (χ4v) is 5.88. The third kappa shape index (κ3) is 18.6. The molecule has 3 rings (SSSR count). The van der Waals surface area contributed by atoms with E-state index in [1.807, 2.05) is 24.3 Å². The number of rotatable bonds is 10. The van der Waals surface area contributed by atoms with Crippen LogP contribution in [0.1, 0.15) is 49.8 Å². The average molecular weight is 763 g/mol. The summed E-state index contributed by atoms with van der Waals surface area (Å²) in [5, 5.41) is 9.85. The van der Waals surface area contributed by atoms with Crippen molar-refractivity contribution >= 4 is 51.0 Å². The number of phenols is 1. The second-order valence-electron chi connectivity index (χ2n) is 9.25. The van der Waals surface area contributed by atoms with E-state index in [4.69, 9.17) is 0 Å². The maximum absolute atomic E-state index is 13.8. The smallest absolute Gasteiger partial charge is 0.808 e. The maximum atomic E-state index is 13.8. The number of halogens is 3. The Morgan fingerprint density at radius 3 is 1.86 bits per heavy atom. The summed E-state index contributed by atoms with van der Waals surface area (Å²) >= 11 is 4.72. The summed E-state index contributed by atoms with van der Waals surface area (Å²) in [6.45, 7) is 6.64. The predicted molar refractivity (Wildman–Crippen MR) is 164 cm³/mol. The molecule has 0 fully saturated rings. The minimum atomic E-state index is -5.37. The molecule has 44 heavy (non-hydrogen) atoms. The van der Waals surface area contributed by atoms with Crippen molar-refractivity contribution in [1.82, 2.24) is 0 Å². The van der Waals surface area contributed by atoms with E-state index in [-0.39, 0.29) is 110 Å². The zero-order chi connectivity index (χ0) is 31.4. The van der Waals surface area contributed by atoms with Crippen molar-refractivity contribution in [2.24, 2.45) is 5.92 Å². The number of thioether (sulfide) groups is 1. The number of benzene rings is 3. The van der Waals surface area contributed by atoms with E-state index in [9.17, 15) is 36.7 Å². The molecule has 0 radical (unpaired) electrons. The topological polar surface area (TPSA) is 132 Å². The van der Waals surface area contributed by atoms with Crippen molar-refractivity contribution < 1.29 is 125 Å². The molecule has 0 amide bonds. The molecule has 0 heterocycles. The third-order valence-corrected chi connectivity index (χ3v) is 8.60. The van der Waals surface area contributed by atoms with Gasteiger partial charge in [0.1, 0.15) is 5.75 Å². The first-order chi connectivity index (χ1) is 19.1. The molecule has 16 heteroatoms. The van der Waals surface area contributed by atoms with Gasteiger partial charge in [0, 0.05) is 27.8 Å². The van der Waals surface area contributed by atoms with Gasteiger partial charge in [0.2, 0.25) is 0 Å². The fourth-order valence-electron chi connectivity index (χ4n) is 3.06. The van der Waals surface area contributed by atoms with Crippen LogP contribution in [0.15, 0.2) is 65.1 Å². The van der Waals surface area contributed by atoms with Crippen LogP contribution < -0.4 is 98.5 Å². The summed E-state index contributed by atoms with van der Waals surface area (Å²) in [6, 6.07) is 16.6. The van der Waals surface area contributed by atoms with Gasteiger partial charge < -0.3 is 24.2 Å². The second-order valence-corrected chi connectivity index (χ2v) is 14.3. The molecule has 0 bridgehead atoms. The first kappa shape index (κ1) is 49.4. The van der Waals surface area contributed by atoms with Crippen molar-refractivity contribution in [2.45, 2.75) is 44.6 Å². The molecule has 0 saturated heterocycles.